The lowest BCUT2D eigenvalue weighted by atomic mass is 10.2. The van der Waals surface area contributed by atoms with Crippen molar-refractivity contribution >= 4 is 21.0 Å². The molecule has 0 saturated carbocycles. The minimum Gasteiger partial charge on any atom is -0.312 e. The van der Waals surface area contributed by atoms with Crippen LogP contribution >= 0.6 is 0 Å². The van der Waals surface area contributed by atoms with Crippen LogP contribution in [0.15, 0.2) is 39.0 Å². The smallest absolute Gasteiger partial charge is 0.312 e. The highest BCUT2D eigenvalue weighted by Gasteiger charge is 2.26. The summed E-state index contributed by atoms with van der Waals surface area (Å²) in [4.78, 5) is 28.4. The topological polar surface area (TPSA) is 120 Å². The van der Waals surface area contributed by atoms with Gasteiger partial charge in [-0.3, -0.25) is 13.9 Å². The number of nitriles is 1. The number of aryl methyl sites for hydroxylation is 2. The van der Waals surface area contributed by atoms with Gasteiger partial charge >= 0.3 is 5.69 Å². The molecular weight excluding hydrogens is 358 g/mol. The molecule has 1 aromatic carbocycles. The zero-order chi connectivity index (χ0) is 19.2. The van der Waals surface area contributed by atoms with E-state index in [-0.39, 0.29) is 22.1 Å². The first-order chi connectivity index (χ1) is 12.2. The Bertz CT molecular complexity index is 1310. The lowest BCUT2D eigenvalue weighted by Crippen LogP contribution is -2.37. The summed E-state index contributed by atoms with van der Waals surface area (Å²) in [5.74, 6) is -0.381. The molecule has 3 rings (SSSR count). The highest BCUT2D eigenvalue weighted by molar-refractivity contribution is 7.90. The maximum absolute atomic E-state index is 12.8. The zero-order valence-corrected chi connectivity index (χ0v) is 15.1. The molecule has 0 unspecified atom stereocenters. The van der Waals surface area contributed by atoms with Crippen LogP contribution in [0.4, 0.5) is 0 Å². The van der Waals surface area contributed by atoms with Crippen molar-refractivity contribution in [2.75, 3.05) is 0 Å². The number of imidazole rings is 1. The average Bonchev–Trinajstić information content (AvgIpc) is 2.96. The second-order valence-corrected chi connectivity index (χ2v) is 7.79. The number of hydrogen-bond acceptors (Lipinski definition) is 6. The van der Waals surface area contributed by atoms with Gasteiger partial charge in [0, 0.05) is 21.1 Å². The highest BCUT2D eigenvalue weighted by Crippen LogP contribution is 2.19. The molecule has 10 heteroatoms. The van der Waals surface area contributed by atoms with E-state index in [0.29, 0.717) is 11.1 Å². The van der Waals surface area contributed by atoms with E-state index in [1.54, 1.807) is 18.2 Å². The number of aromatic nitrogens is 4. The molecule has 9 nitrogen and oxygen atoms in total. The maximum Gasteiger partial charge on any atom is 0.332 e. The van der Waals surface area contributed by atoms with Gasteiger partial charge in [-0.25, -0.2) is 13.2 Å². The molecule has 0 amide bonds. The summed E-state index contributed by atoms with van der Waals surface area (Å²) in [6, 6.07) is 8.20. The molecule has 0 N–H and O–H groups in total. The van der Waals surface area contributed by atoms with Crippen LogP contribution in [0.25, 0.3) is 11.2 Å². The predicted molar refractivity (Wildman–Crippen MR) is 93.2 cm³/mol. The summed E-state index contributed by atoms with van der Waals surface area (Å²) in [6.45, 7) is 0. The van der Waals surface area contributed by atoms with Crippen LogP contribution in [0.5, 0.6) is 0 Å². The lowest BCUT2D eigenvalue weighted by Gasteiger charge is -2.05. The van der Waals surface area contributed by atoms with Crippen molar-refractivity contribution in [1.29, 1.82) is 5.26 Å². The average molecular weight is 373 g/mol. The second-order valence-electron chi connectivity index (χ2n) is 5.90. The zero-order valence-electron chi connectivity index (χ0n) is 14.3. The number of rotatable bonds is 3. The lowest BCUT2D eigenvalue weighted by molar-refractivity contribution is 0.579. The van der Waals surface area contributed by atoms with E-state index in [1.807, 2.05) is 6.07 Å². The first-order valence-electron chi connectivity index (χ1n) is 7.51. The molecule has 0 spiro atoms. The van der Waals surface area contributed by atoms with Crippen molar-refractivity contribution in [3.05, 3.63) is 56.2 Å². The van der Waals surface area contributed by atoms with Crippen LogP contribution in [-0.4, -0.2) is 27.1 Å². The summed E-state index contributed by atoms with van der Waals surface area (Å²) in [7, 11) is 0.244. The molecule has 0 bridgehead atoms. The van der Waals surface area contributed by atoms with Crippen LogP contribution in [0, 0.1) is 11.3 Å². The molecule has 3 aromatic rings. The minimum atomic E-state index is -3.91. The molecule has 0 saturated heterocycles. The molecule has 26 heavy (non-hydrogen) atoms. The quantitative estimate of drug-likeness (QED) is 0.628. The SMILES string of the molecule is Cn1c(=O)c2c(nc(S(=O)(=O)Cc3cccc(C#N)c3)n2C)n(C)c1=O. The Balaban J connectivity index is 2.22. The summed E-state index contributed by atoms with van der Waals surface area (Å²) in [6.07, 6.45) is 0. The van der Waals surface area contributed by atoms with Crippen molar-refractivity contribution in [1.82, 2.24) is 18.7 Å². The van der Waals surface area contributed by atoms with E-state index in [0.717, 1.165) is 9.13 Å². The van der Waals surface area contributed by atoms with Gasteiger partial charge in [0.2, 0.25) is 15.0 Å². The molecule has 0 aliphatic rings. The molecule has 2 aromatic heterocycles. The van der Waals surface area contributed by atoms with Crippen molar-refractivity contribution in [3.63, 3.8) is 0 Å². The molecule has 0 fully saturated rings. The molecule has 2 heterocycles. The summed E-state index contributed by atoms with van der Waals surface area (Å²) < 4.78 is 28.9. The van der Waals surface area contributed by atoms with E-state index < -0.39 is 21.1 Å². The summed E-state index contributed by atoms with van der Waals surface area (Å²) in [5, 5.41) is 8.63. The Morgan fingerprint density at radius 1 is 1.12 bits per heavy atom. The number of sulfone groups is 1. The van der Waals surface area contributed by atoms with Gasteiger partial charge in [0.25, 0.3) is 5.56 Å². The van der Waals surface area contributed by atoms with Gasteiger partial charge in [0.1, 0.15) is 0 Å². The van der Waals surface area contributed by atoms with Crippen LogP contribution in [0.2, 0.25) is 0 Å². The predicted octanol–water partition coefficient (Wildman–Crippen LogP) is -0.184. The summed E-state index contributed by atoms with van der Waals surface area (Å²) in [5.41, 5.74) is -0.405. The third kappa shape index (κ3) is 2.62. The van der Waals surface area contributed by atoms with E-state index >= 15 is 0 Å². The van der Waals surface area contributed by atoms with E-state index in [9.17, 15) is 18.0 Å². The fourth-order valence-corrected chi connectivity index (χ4v) is 4.27. The Morgan fingerprint density at radius 2 is 1.81 bits per heavy atom. The monoisotopic (exact) mass is 373 g/mol. The fourth-order valence-electron chi connectivity index (χ4n) is 2.79. The maximum atomic E-state index is 12.8. The third-order valence-corrected chi connectivity index (χ3v) is 5.76. The first-order valence-corrected chi connectivity index (χ1v) is 9.17. The fraction of sp³-hybridized carbons (Fsp3) is 0.250. The Morgan fingerprint density at radius 3 is 2.46 bits per heavy atom. The van der Waals surface area contributed by atoms with Crippen molar-refractivity contribution in [3.8, 4) is 6.07 Å². The van der Waals surface area contributed by atoms with E-state index in [4.69, 9.17) is 5.26 Å². The van der Waals surface area contributed by atoms with Crippen molar-refractivity contribution < 1.29 is 8.42 Å². The molecule has 0 atom stereocenters. The van der Waals surface area contributed by atoms with E-state index in [1.165, 1.54) is 31.8 Å². The third-order valence-electron chi connectivity index (χ3n) is 4.13. The number of hydrogen-bond donors (Lipinski definition) is 0. The first kappa shape index (κ1) is 17.6. The highest BCUT2D eigenvalue weighted by atomic mass is 32.2. The molecule has 0 radical (unpaired) electrons. The van der Waals surface area contributed by atoms with Gasteiger partial charge in [-0.05, 0) is 17.7 Å². The minimum absolute atomic E-state index is 0.00458. The van der Waals surface area contributed by atoms with Gasteiger partial charge in [0.05, 0.1) is 17.4 Å². The number of benzene rings is 1. The van der Waals surface area contributed by atoms with Crippen molar-refractivity contribution in [2.45, 2.75) is 10.9 Å². The Kier molecular flexibility index (Phi) is 4.04. The molecule has 134 valence electrons. The Hall–Kier alpha value is -3.19. The van der Waals surface area contributed by atoms with Gasteiger partial charge in [-0.15, -0.1) is 0 Å². The largest absolute Gasteiger partial charge is 0.332 e. The molecule has 0 aliphatic heterocycles. The standard InChI is InChI=1S/C16H15N5O4S/c1-19-12-13(20(2)16(23)21(3)14(12)22)18-15(19)26(24,25)9-11-6-4-5-10(7-11)8-17/h4-7H,9H2,1-3H3. The van der Waals surface area contributed by atoms with Gasteiger partial charge < -0.3 is 4.57 Å². The summed E-state index contributed by atoms with van der Waals surface area (Å²) >= 11 is 0. The molecule has 0 aliphatic carbocycles. The normalized spacial score (nSPS) is 11.6. The van der Waals surface area contributed by atoms with Crippen LogP contribution < -0.4 is 11.2 Å². The van der Waals surface area contributed by atoms with Gasteiger partial charge in [-0.1, -0.05) is 12.1 Å². The van der Waals surface area contributed by atoms with Crippen molar-refractivity contribution in [2.24, 2.45) is 21.1 Å². The van der Waals surface area contributed by atoms with E-state index in [2.05, 4.69) is 4.98 Å². The Labute approximate surface area is 148 Å². The molecular formula is C16H15N5O4S. The van der Waals surface area contributed by atoms with Crippen LogP contribution in [0.1, 0.15) is 11.1 Å². The van der Waals surface area contributed by atoms with Crippen LogP contribution in [0.3, 0.4) is 0 Å². The number of nitrogens with zero attached hydrogens (tertiary/aromatic N) is 5. The number of fused-ring (bicyclic) bond motifs is 1. The van der Waals surface area contributed by atoms with Crippen LogP contribution in [-0.2, 0) is 36.7 Å². The second kappa shape index (κ2) is 5.96. The van der Waals surface area contributed by atoms with Gasteiger partial charge in [0.15, 0.2) is 11.2 Å². The van der Waals surface area contributed by atoms with Gasteiger partial charge in [-0.2, -0.15) is 10.2 Å².